The van der Waals surface area contributed by atoms with Crippen LogP contribution in [0.15, 0.2) is 0 Å². The van der Waals surface area contributed by atoms with E-state index in [1.807, 2.05) is 0 Å². The van der Waals surface area contributed by atoms with Gasteiger partial charge in [-0.25, -0.2) is 0 Å². The minimum atomic E-state index is -0.650. The van der Waals surface area contributed by atoms with Crippen LogP contribution in [0.1, 0.15) is 97.3 Å². The summed E-state index contributed by atoms with van der Waals surface area (Å²) in [5.41, 5.74) is 0. The highest BCUT2D eigenvalue weighted by molar-refractivity contribution is 5.69. The lowest BCUT2D eigenvalue weighted by Crippen LogP contribution is -2.08. The van der Waals surface area contributed by atoms with E-state index in [-0.39, 0.29) is 5.92 Å². The summed E-state index contributed by atoms with van der Waals surface area (Å²) >= 11 is 0. The van der Waals surface area contributed by atoms with E-state index in [1.54, 1.807) is 6.92 Å². The molecule has 0 aromatic carbocycles. The van der Waals surface area contributed by atoms with Gasteiger partial charge in [0.1, 0.15) is 0 Å². The van der Waals surface area contributed by atoms with Crippen molar-refractivity contribution in [2.24, 2.45) is 5.92 Å². The fourth-order valence-electron chi connectivity index (χ4n) is 2.41. The lowest BCUT2D eigenvalue weighted by atomic mass is 9.89. The van der Waals surface area contributed by atoms with Gasteiger partial charge in [0.25, 0.3) is 0 Å². The average molecular weight is 269 g/mol. The zero-order chi connectivity index (χ0) is 14.3. The van der Waals surface area contributed by atoms with Gasteiger partial charge >= 0.3 is 5.97 Å². The molecule has 0 radical (unpaired) electrons. The van der Waals surface area contributed by atoms with Gasteiger partial charge in [0.2, 0.25) is 0 Å². The summed E-state index contributed by atoms with van der Waals surface area (Å²) in [7, 11) is 0. The molecule has 0 aliphatic heterocycles. The number of carboxylic acids is 1. The second-order valence-electron chi connectivity index (χ2n) is 5.92. The Morgan fingerprint density at radius 3 is 1.53 bits per heavy atom. The quantitative estimate of drug-likeness (QED) is 0.405. The molecular formula is C17H34O2. The van der Waals surface area contributed by atoms with Crippen LogP contribution in [0.5, 0.6) is 0 Å². The van der Waals surface area contributed by atoms with Crippen molar-refractivity contribution in [1.29, 1.82) is 0 Å². The second kappa shape index (κ2) is 13.9. The molecular weight excluding hydrogens is 235 g/mol. The predicted octanol–water partition coefficient (Wildman–Crippen LogP) is 5.80. The number of aliphatic carboxylic acids is 1. The molecule has 0 saturated heterocycles. The van der Waals surface area contributed by atoms with E-state index in [1.165, 1.54) is 70.6 Å². The van der Waals surface area contributed by atoms with Gasteiger partial charge in [-0.2, -0.15) is 0 Å². The Morgan fingerprint density at radius 2 is 1.16 bits per heavy atom. The molecule has 0 fully saturated rings. The highest BCUT2D eigenvalue weighted by Crippen LogP contribution is 2.14. The van der Waals surface area contributed by atoms with E-state index < -0.39 is 5.97 Å². The maximum Gasteiger partial charge on any atom is 0.306 e. The van der Waals surface area contributed by atoms with Gasteiger partial charge < -0.3 is 5.11 Å². The molecule has 0 rings (SSSR count). The second-order valence-corrected chi connectivity index (χ2v) is 5.92. The molecule has 0 amide bonds. The Balaban J connectivity index is 3.05. The summed E-state index contributed by atoms with van der Waals surface area (Å²) in [6.45, 7) is 4.07. The Morgan fingerprint density at radius 1 is 0.789 bits per heavy atom. The van der Waals surface area contributed by atoms with Gasteiger partial charge in [-0.05, 0) is 6.42 Å². The van der Waals surface area contributed by atoms with Crippen molar-refractivity contribution in [3.63, 3.8) is 0 Å². The monoisotopic (exact) mass is 269 g/mol. The summed E-state index contributed by atoms with van der Waals surface area (Å²) in [6.07, 6.45) is 16.9. The summed E-state index contributed by atoms with van der Waals surface area (Å²) in [5, 5.41) is 8.76. The molecule has 1 N–H and O–H groups in total. The van der Waals surface area contributed by atoms with Crippen molar-refractivity contribution >= 4 is 5.97 Å². The highest BCUT2D eigenvalue weighted by atomic mass is 16.4. The smallest absolute Gasteiger partial charge is 0.306 e. The van der Waals surface area contributed by atoms with E-state index in [2.05, 4.69) is 6.92 Å². The van der Waals surface area contributed by atoms with E-state index in [0.717, 1.165) is 12.8 Å². The lowest BCUT2D eigenvalue weighted by molar-refractivity contribution is -0.141. The average Bonchev–Trinajstić information content (AvgIpc) is 2.39. The first-order chi connectivity index (χ1) is 9.18. The summed E-state index contributed by atoms with van der Waals surface area (Å²) < 4.78 is 0. The number of unbranched alkanes of at least 4 members (excludes halogenated alkanes) is 11. The van der Waals surface area contributed by atoms with Crippen LogP contribution in [0.3, 0.4) is 0 Å². The number of rotatable bonds is 14. The molecule has 0 saturated carbocycles. The van der Waals surface area contributed by atoms with Crippen molar-refractivity contribution < 1.29 is 9.90 Å². The first-order valence-corrected chi connectivity index (χ1v) is 8.41. The molecule has 0 aromatic heterocycles. The third-order valence-corrected chi connectivity index (χ3v) is 3.91. The molecule has 0 heterocycles. The third kappa shape index (κ3) is 13.7. The molecule has 19 heavy (non-hydrogen) atoms. The van der Waals surface area contributed by atoms with Crippen molar-refractivity contribution in [2.75, 3.05) is 0 Å². The topological polar surface area (TPSA) is 37.3 Å². The number of carbonyl (C=O) groups is 1. The van der Waals surface area contributed by atoms with Crippen LogP contribution in [0.4, 0.5) is 0 Å². The van der Waals surface area contributed by atoms with Gasteiger partial charge in [-0.1, -0.05) is 90.9 Å². The summed E-state index contributed by atoms with van der Waals surface area (Å²) in [4.78, 5) is 10.6. The fraction of sp³-hybridized carbons (Fsp3) is 0.941. The molecule has 0 spiro atoms. The zero-order valence-corrected chi connectivity index (χ0v) is 13.1. The normalized spacial score (nSPS) is 12.5. The molecule has 0 aliphatic rings. The van der Waals surface area contributed by atoms with Crippen LogP contribution in [-0.4, -0.2) is 11.1 Å². The van der Waals surface area contributed by atoms with Gasteiger partial charge in [-0.3, -0.25) is 4.79 Å². The largest absolute Gasteiger partial charge is 0.481 e. The number of carboxylic acid groups (broad SMARTS) is 1. The van der Waals surface area contributed by atoms with Crippen molar-refractivity contribution in [3.8, 4) is 0 Å². The Hall–Kier alpha value is -0.530. The molecule has 0 bridgehead atoms. The van der Waals surface area contributed by atoms with Crippen LogP contribution in [0, 0.1) is 5.92 Å². The fourth-order valence-corrected chi connectivity index (χ4v) is 2.41. The molecule has 114 valence electrons. The van der Waals surface area contributed by atoms with Gasteiger partial charge in [0, 0.05) is 0 Å². The Labute approximate surface area is 120 Å². The van der Waals surface area contributed by atoms with Gasteiger partial charge in [0.15, 0.2) is 0 Å². The molecule has 2 heteroatoms. The standard InChI is InChI=1S/C17H34O2/c1-3-4-5-6-7-8-9-10-11-12-13-14-15-16(2)17(18)19/h16H,3-15H2,1-2H3,(H,18,19)/i2-1. The van der Waals surface area contributed by atoms with E-state index in [9.17, 15) is 4.79 Å². The minimum absolute atomic E-state index is 0.164. The first kappa shape index (κ1) is 18.5. The van der Waals surface area contributed by atoms with E-state index in [0.29, 0.717) is 0 Å². The van der Waals surface area contributed by atoms with Crippen molar-refractivity contribution in [1.82, 2.24) is 0 Å². The highest BCUT2D eigenvalue weighted by Gasteiger charge is 2.09. The molecule has 0 aromatic rings. The summed E-state index contributed by atoms with van der Waals surface area (Å²) in [5.74, 6) is -0.814. The van der Waals surface area contributed by atoms with Crippen molar-refractivity contribution in [3.05, 3.63) is 0 Å². The Bertz CT molecular complexity index is 201. The van der Waals surface area contributed by atoms with Crippen molar-refractivity contribution in [2.45, 2.75) is 97.3 Å². The maximum absolute atomic E-state index is 10.6. The maximum atomic E-state index is 10.6. The molecule has 0 aliphatic carbocycles. The zero-order valence-electron chi connectivity index (χ0n) is 13.1. The van der Waals surface area contributed by atoms with Crippen LogP contribution >= 0.6 is 0 Å². The minimum Gasteiger partial charge on any atom is -0.481 e. The SMILES string of the molecule is CCCCCCCCCCCCCCC([11CH3])C(=O)O. The van der Waals surface area contributed by atoms with Gasteiger partial charge in [-0.15, -0.1) is 0 Å². The first-order valence-electron chi connectivity index (χ1n) is 8.41. The predicted molar refractivity (Wildman–Crippen MR) is 82.5 cm³/mol. The van der Waals surface area contributed by atoms with Crippen LogP contribution < -0.4 is 0 Å². The number of hydrogen-bond acceptors (Lipinski definition) is 1. The van der Waals surface area contributed by atoms with E-state index in [4.69, 9.17) is 5.11 Å². The van der Waals surface area contributed by atoms with Crippen LogP contribution in [-0.2, 0) is 4.79 Å². The van der Waals surface area contributed by atoms with Gasteiger partial charge in [0.05, 0.1) is 5.92 Å². The van der Waals surface area contributed by atoms with Crippen LogP contribution in [0.2, 0.25) is 0 Å². The summed E-state index contributed by atoms with van der Waals surface area (Å²) in [6, 6.07) is 0. The molecule has 1 unspecified atom stereocenters. The molecule has 1 atom stereocenters. The molecule has 2 nitrogen and oxygen atoms in total. The lowest BCUT2D eigenvalue weighted by Gasteiger charge is -2.05. The Kier molecular flexibility index (Phi) is 13.5. The van der Waals surface area contributed by atoms with Crippen LogP contribution in [0.25, 0.3) is 0 Å². The number of hydrogen-bond donors (Lipinski definition) is 1. The van der Waals surface area contributed by atoms with E-state index >= 15 is 0 Å². The third-order valence-electron chi connectivity index (χ3n) is 3.91.